The Hall–Kier alpha value is -0.910. The van der Waals surface area contributed by atoms with Crippen molar-refractivity contribution in [2.75, 3.05) is 13.7 Å². The van der Waals surface area contributed by atoms with E-state index < -0.39 is 0 Å². The number of hydrogen-bond acceptors (Lipinski definition) is 4. The molecule has 18 heavy (non-hydrogen) atoms. The average Bonchev–Trinajstić information content (AvgIpc) is 2.85. The Morgan fingerprint density at radius 2 is 2.33 bits per heavy atom. The number of ether oxygens (including phenoxy) is 1. The summed E-state index contributed by atoms with van der Waals surface area (Å²) >= 11 is 0. The van der Waals surface area contributed by atoms with Crippen LogP contribution in [0, 0.1) is 0 Å². The second-order valence-electron chi connectivity index (χ2n) is 4.75. The normalized spacial score (nSPS) is 14.7. The highest BCUT2D eigenvalue weighted by Crippen LogP contribution is 2.11. The van der Waals surface area contributed by atoms with Crippen LogP contribution in [-0.4, -0.2) is 29.5 Å². The van der Waals surface area contributed by atoms with E-state index in [9.17, 15) is 0 Å². The molecule has 0 aliphatic heterocycles. The second-order valence-corrected chi connectivity index (χ2v) is 4.75. The predicted octanol–water partition coefficient (Wildman–Crippen LogP) is 1.66. The van der Waals surface area contributed by atoms with Crippen LogP contribution in [0.15, 0.2) is 12.3 Å². The molecule has 5 nitrogen and oxygen atoms in total. The number of rotatable bonds is 9. The minimum absolute atomic E-state index is 0.264. The van der Waals surface area contributed by atoms with Crippen LogP contribution in [0.5, 0.6) is 0 Å². The fraction of sp³-hybridized carbons (Fsp3) is 0.769. The molecular weight excluding hydrogens is 228 g/mol. The van der Waals surface area contributed by atoms with Crippen LogP contribution in [0.4, 0.5) is 0 Å². The Labute approximate surface area is 110 Å². The fourth-order valence-corrected chi connectivity index (χ4v) is 1.89. The number of methoxy groups -OCH3 is 1. The summed E-state index contributed by atoms with van der Waals surface area (Å²) in [6.07, 6.45) is 6.02. The first-order valence-corrected chi connectivity index (χ1v) is 6.70. The van der Waals surface area contributed by atoms with Crippen LogP contribution < -0.4 is 11.3 Å². The summed E-state index contributed by atoms with van der Waals surface area (Å²) in [5.74, 6) is 5.57. The van der Waals surface area contributed by atoms with E-state index in [0.717, 1.165) is 38.0 Å². The molecule has 104 valence electrons. The number of hydrazine groups is 1. The van der Waals surface area contributed by atoms with Crippen LogP contribution in [0.2, 0.25) is 0 Å². The second kappa shape index (κ2) is 8.24. The van der Waals surface area contributed by atoms with Gasteiger partial charge in [0, 0.05) is 38.4 Å². The largest absolute Gasteiger partial charge is 0.385 e. The maximum absolute atomic E-state index is 5.57. The molecule has 0 bridgehead atoms. The Bertz CT molecular complexity index is 327. The minimum atomic E-state index is 0.264. The van der Waals surface area contributed by atoms with Gasteiger partial charge in [-0.2, -0.15) is 5.10 Å². The van der Waals surface area contributed by atoms with Gasteiger partial charge in [-0.1, -0.05) is 6.92 Å². The molecule has 0 aliphatic rings. The van der Waals surface area contributed by atoms with Crippen molar-refractivity contribution in [3.63, 3.8) is 0 Å². The van der Waals surface area contributed by atoms with Crippen LogP contribution in [0.3, 0.4) is 0 Å². The van der Waals surface area contributed by atoms with E-state index in [4.69, 9.17) is 10.6 Å². The Balaban J connectivity index is 2.46. The number of nitrogens with one attached hydrogen (secondary N) is 1. The summed E-state index contributed by atoms with van der Waals surface area (Å²) in [6.45, 7) is 5.12. The highest BCUT2D eigenvalue weighted by Gasteiger charge is 2.11. The molecule has 1 aromatic rings. The van der Waals surface area contributed by atoms with Crippen molar-refractivity contribution < 1.29 is 4.74 Å². The molecule has 5 heteroatoms. The summed E-state index contributed by atoms with van der Waals surface area (Å²) in [4.78, 5) is 0. The van der Waals surface area contributed by atoms with Gasteiger partial charge in [0.15, 0.2) is 0 Å². The van der Waals surface area contributed by atoms with E-state index in [1.54, 1.807) is 7.11 Å². The number of hydrogen-bond donors (Lipinski definition) is 2. The first-order valence-electron chi connectivity index (χ1n) is 6.70. The molecule has 0 aliphatic carbocycles. The molecule has 0 saturated heterocycles. The van der Waals surface area contributed by atoms with Crippen LogP contribution in [0.1, 0.15) is 44.8 Å². The molecule has 1 rings (SSSR count). The third-order valence-electron chi connectivity index (χ3n) is 3.30. The van der Waals surface area contributed by atoms with E-state index in [1.165, 1.54) is 0 Å². The molecule has 3 N–H and O–H groups in total. The standard InChI is InChI=1S/C13H26N4O/c1-4-11(2)17-8-7-13(16-17)10-12(15-14)6-5-9-18-3/h7-8,11-12,15H,4-6,9-10,14H2,1-3H3. The Kier molecular flexibility index (Phi) is 6.93. The summed E-state index contributed by atoms with van der Waals surface area (Å²) in [5, 5.41) is 4.59. The van der Waals surface area contributed by atoms with Gasteiger partial charge < -0.3 is 4.74 Å². The first kappa shape index (κ1) is 15.1. The van der Waals surface area contributed by atoms with Crippen LogP contribution in [-0.2, 0) is 11.2 Å². The Morgan fingerprint density at radius 1 is 1.56 bits per heavy atom. The lowest BCUT2D eigenvalue weighted by Gasteiger charge is -2.14. The van der Waals surface area contributed by atoms with Crippen molar-refractivity contribution in [2.45, 2.75) is 51.6 Å². The monoisotopic (exact) mass is 254 g/mol. The SMILES string of the molecule is CCC(C)n1ccc(CC(CCCOC)NN)n1. The zero-order valence-electron chi connectivity index (χ0n) is 11.7. The molecule has 2 unspecified atom stereocenters. The van der Waals surface area contributed by atoms with Crippen molar-refractivity contribution >= 4 is 0 Å². The molecule has 2 atom stereocenters. The zero-order valence-corrected chi connectivity index (χ0v) is 11.7. The summed E-state index contributed by atoms with van der Waals surface area (Å²) < 4.78 is 7.07. The maximum atomic E-state index is 5.57. The van der Waals surface area contributed by atoms with Gasteiger partial charge >= 0.3 is 0 Å². The number of nitrogens with zero attached hydrogens (tertiary/aromatic N) is 2. The van der Waals surface area contributed by atoms with Crippen molar-refractivity contribution in [3.8, 4) is 0 Å². The molecular formula is C13H26N4O. The third-order valence-corrected chi connectivity index (χ3v) is 3.30. The number of nitrogens with two attached hydrogens (primary N) is 1. The zero-order chi connectivity index (χ0) is 13.4. The summed E-state index contributed by atoms with van der Waals surface area (Å²) in [7, 11) is 1.72. The smallest absolute Gasteiger partial charge is 0.0640 e. The maximum Gasteiger partial charge on any atom is 0.0640 e. The van der Waals surface area contributed by atoms with Crippen molar-refractivity contribution in [2.24, 2.45) is 5.84 Å². The van der Waals surface area contributed by atoms with Gasteiger partial charge in [-0.3, -0.25) is 16.0 Å². The molecule has 1 heterocycles. The van der Waals surface area contributed by atoms with Crippen molar-refractivity contribution in [1.82, 2.24) is 15.2 Å². The molecule has 0 amide bonds. The highest BCUT2D eigenvalue weighted by atomic mass is 16.5. The van der Waals surface area contributed by atoms with Crippen LogP contribution in [0.25, 0.3) is 0 Å². The quantitative estimate of drug-likeness (QED) is 0.399. The average molecular weight is 254 g/mol. The molecule has 1 aromatic heterocycles. The lowest BCUT2D eigenvalue weighted by Crippen LogP contribution is -2.37. The number of aromatic nitrogens is 2. The fourth-order valence-electron chi connectivity index (χ4n) is 1.89. The van der Waals surface area contributed by atoms with Gasteiger partial charge in [0.05, 0.1) is 5.69 Å². The predicted molar refractivity (Wildman–Crippen MR) is 73.2 cm³/mol. The lowest BCUT2D eigenvalue weighted by atomic mass is 10.1. The topological polar surface area (TPSA) is 65.1 Å². The van der Waals surface area contributed by atoms with Gasteiger partial charge in [0.25, 0.3) is 0 Å². The van der Waals surface area contributed by atoms with Gasteiger partial charge in [0.2, 0.25) is 0 Å². The van der Waals surface area contributed by atoms with Crippen LogP contribution >= 0.6 is 0 Å². The Morgan fingerprint density at radius 3 is 2.94 bits per heavy atom. The van der Waals surface area contributed by atoms with Crippen molar-refractivity contribution in [3.05, 3.63) is 18.0 Å². The van der Waals surface area contributed by atoms with E-state index in [2.05, 4.69) is 30.4 Å². The summed E-state index contributed by atoms with van der Waals surface area (Å²) in [6, 6.07) is 2.80. The van der Waals surface area contributed by atoms with E-state index in [1.807, 2.05) is 10.9 Å². The van der Waals surface area contributed by atoms with E-state index >= 15 is 0 Å². The van der Waals surface area contributed by atoms with Gasteiger partial charge in [-0.15, -0.1) is 0 Å². The molecule has 0 fully saturated rings. The van der Waals surface area contributed by atoms with Crippen molar-refractivity contribution in [1.29, 1.82) is 0 Å². The third kappa shape index (κ3) is 4.76. The highest BCUT2D eigenvalue weighted by molar-refractivity contribution is 5.02. The van der Waals surface area contributed by atoms with Gasteiger partial charge in [0.1, 0.15) is 0 Å². The lowest BCUT2D eigenvalue weighted by molar-refractivity contribution is 0.188. The molecule has 0 saturated carbocycles. The first-order chi connectivity index (χ1) is 8.71. The van der Waals surface area contributed by atoms with E-state index in [-0.39, 0.29) is 6.04 Å². The van der Waals surface area contributed by atoms with Gasteiger partial charge in [-0.25, -0.2) is 0 Å². The summed E-state index contributed by atoms with van der Waals surface area (Å²) in [5.41, 5.74) is 3.95. The minimum Gasteiger partial charge on any atom is -0.385 e. The van der Waals surface area contributed by atoms with Gasteiger partial charge in [-0.05, 0) is 32.3 Å². The van der Waals surface area contributed by atoms with E-state index in [0.29, 0.717) is 6.04 Å². The molecule has 0 radical (unpaired) electrons. The molecule has 0 spiro atoms. The molecule has 0 aromatic carbocycles.